The number of carbonyl (C=O) groups is 2. The summed E-state index contributed by atoms with van der Waals surface area (Å²) in [5.74, 6) is -0.784. The van der Waals surface area contributed by atoms with E-state index in [4.69, 9.17) is 4.74 Å². The molecule has 2 bridgehead atoms. The molecule has 3 aliphatic rings. The van der Waals surface area contributed by atoms with Gasteiger partial charge in [0.05, 0.1) is 12.6 Å². The predicted octanol–water partition coefficient (Wildman–Crippen LogP) is 4.00. The minimum Gasteiger partial charge on any atom is -0.497 e. The van der Waals surface area contributed by atoms with Crippen LogP contribution in [0, 0.1) is 17.8 Å². The van der Waals surface area contributed by atoms with E-state index in [2.05, 4.69) is 12.1 Å². The van der Waals surface area contributed by atoms with Crippen LogP contribution < -0.4 is 4.74 Å². The molecule has 156 valence electrons. The number of nitrogens with zero attached hydrogens (tertiary/aromatic N) is 1. The standard InChI is InChI=1S/C25H27NO4/c1-30-19-9-10-21-18(13-19)12-17-8-5-11-25(21)22(17)14-20(24(28)29)23(27)26(25)15-16-6-3-2-4-7-16/h2-4,6-7,9-10,13,17,20,22H,5,8,11-12,14-15H2,1H3,(H,28,29)/t17-,20?,22+,25-/m0/s1. The predicted molar refractivity (Wildman–Crippen MR) is 112 cm³/mol. The average Bonchev–Trinajstić information content (AvgIpc) is 2.75. The lowest BCUT2D eigenvalue weighted by Gasteiger charge is -2.61. The number of amides is 1. The van der Waals surface area contributed by atoms with Gasteiger partial charge in [0.25, 0.3) is 0 Å². The first-order chi connectivity index (χ1) is 14.5. The molecule has 2 aliphatic carbocycles. The van der Waals surface area contributed by atoms with Crippen LogP contribution in [0.15, 0.2) is 48.5 Å². The lowest BCUT2D eigenvalue weighted by Crippen LogP contribution is -2.65. The first-order valence-corrected chi connectivity index (χ1v) is 10.8. The highest BCUT2D eigenvalue weighted by Gasteiger charge is 2.60. The molecule has 1 heterocycles. The van der Waals surface area contributed by atoms with E-state index in [-0.39, 0.29) is 11.8 Å². The van der Waals surface area contributed by atoms with E-state index < -0.39 is 17.4 Å². The maximum absolute atomic E-state index is 13.6. The van der Waals surface area contributed by atoms with Gasteiger partial charge in [0.2, 0.25) is 5.91 Å². The van der Waals surface area contributed by atoms with Gasteiger partial charge in [-0.3, -0.25) is 9.59 Å². The van der Waals surface area contributed by atoms with E-state index >= 15 is 0 Å². The zero-order valence-corrected chi connectivity index (χ0v) is 17.2. The summed E-state index contributed by atoms with van der Waals surface area (Å²) >= 11 is 0. The number of hydrogen-bond donors (Lipinski definition) is 1. The third-order valence-electron chi connectivity index (χ3n) is 7.59. The fourth-order valence-corrected chi connectivity index (χ4v) is 6.36. The van der Waals surface area contributed by atoms with Crippen LogP contribution in [0.5, 0.6) is 5.75 Å². The zero-order valence-electron chi connectivity index (χ0n) is 17.2. The Balaban J connectivity index is 1.68. The summed E-state index contributed by atoms with van der Waals surface area (Å²) in [4.78, 5) is 27.5. The molecule has 1 saturated carbocycles. The number of rotatable bonds is 4. The van der Waals surface area contributed by atoms with Crippen molar-refractivity contribution in [2.75, 3.05) is 7.11 Å². The molecule has 0 aromatic heterocycles. The number of hydrogen-bond acceptors (Lipinski definition) is 3. The minimum absolute atomic E-state index is 0.176. The number of ether oxygens (including phenoxy) is 1. The number of carbonyl (C=O) groups excluding carboxylic acids is 1. The molecule has 30 heavy (non-hydrogen) atoms. The van der Waals surface area contributed by atoms with Gasteiger partial charge < -0.3 is 14.7 Å². The number of carboxylic acid groups (broad SMARTS) is 1. The Kier molecular flexibility index (Phi) is 4.57. The maximum Gasteiger partial charge on any atom is 0.316 e. The molecule has 5 nitrogen and oxygen atoms in total. The highest BCUT2D eigenvalue weighted by molar-refractivity contribution is 5.98. The zero-order chi connectivity index (χ0) is 20.9. The van der Waals surface area contributed by atoms with Crippen molar-refractivity contribution in [1.29, 1.82) is 0 Å². The second kappa shape index (κ2) is 7.15. The summed E-state index contributed by atoms with van der Waals surface area (Å²) in [5, 5.41) is 9.84. The van der Waals surface area contributed by atoms with E-state index in [1.807, 2.05) is 41.3 Å². The topological polar surface area (TPSA) is 66.8 Å². The van der Waals surface area contributed by atoms with Crippen LogP contribution in [0.3, 0.4) is 0 Å². The Bertz CT molecular complexity index is 988. The SMILES string of the molecule is COc1ccc2c(c1)C[C@@H]1CCC[C@@]23[C@@H]1CC(C(=O)O)C(=O)N3Cc1ccccc1. The van der Waals surface area contributed by atoms with Crippen LogP contribution in [-0.2, 0) is 28.1 Å². The average molecular weight is 405 g/mol. The summed E-state index contributed by atoms with van der Waals surface area (Å²) in [7, 11) is 1.68. The van der Waals surface area contributed by atoms with E-state index in [0.717, 1.165) is 37.0 Å². The summed E-state index contributed by atoms with van der Waals surface area (Å²) in [6.07, 6.45) is 4.40. The van der Waals surface area contributed by atoms with E-state index in [1.165, 1.54) is 11.1 Å². The van der Waals surface area contributed by atoms with Crippen molar-refractivity contribution < 1.29 is 19.4 Å². The first kappa shape index (κ1) is 19.2. The molecule has 5 rings (SSSR count). The highest BCUT2D eigenvalue weighted by atomic mass is 16.5. The van der Waals surface area contributed by atoms with Gasteiger partial charge in [0, 0.05) is 6.54 Å². The number of methoxy groups -OCH3 is 1. The molecule has 4 atom stereocenters. The number of likely N-dealkylation sites (tertiary alicyclic amines) is 1. The molecular weight excluding hydrogens is 378 g/mol. The fourth-order valence-electron chi connectivity index (χ4n) is 6.36. The van der Waals surface area contributed by atoms with Crippen molar-refractivity contribution in [2.24, 2.45) is 17.8 Å². The van der Waals surface area contributed by atoms with Gasteiger partial charge in [-0.2, -0.15) is 0 Å². The number of fused-ring (bicyclic) bond motifs is 1. The summed E-state index contributed by atoms with van der Waals surface area (Å²) in [6, 6.07) is 16.1. The molecule has 1 N–H and O–H groups in total. The van der Waals surface area contributed by atoms with Crippen molar-refractivity contribution in [3.63, 3.8) is 0 Å². The smallest absolute Gasteiger partial charge is 0.316 e. The summed E-state index contributed by atoms with van der Waals surface area (Å²) < 4.78 is 5.47. The molecule has 5 heteroatoms. The molecule has 1 saturated heterocycles. The van der Waals surface area contributed by atoms with Crippen molar-refractivity contribution in [1.82, 2.24) is 4.90 Å². The van der Waals surface area contributed by atoms with Crippen LogP contribution in [0.2, 0.25) is 0 Å². The van der Waals surface area contributed by atoms with Gasteiger partial charge in [-0.1, -0.05) is 42.8 Å². The van der Waals surface area contributed by atoms with Crippen molar-refractivity contribution in [3.8, 4) is 5.75 Å². The molecule has 1 unspecified atom stereocenters. The van der Waals surface area contributed by atoms with Crippen LogP contribution >= 0.6 is 0 Å². The normalized spacial score (nSPS) is 29.7. The monoisotopic (exact) mass is 405 g/mol. The summed E-state index contributed by atoms with van der Waals surface area (Å²) in [5.41, 5.74) is 3.04. The highest BCUT2D eigenvalue weighted by Crippen LogP contribution is 2.59. The van der Waals surface area contributed by atoms with Crippen LogP contribution in [-0.4, -0.2) is 29.0 Å². The van der Waals surface area contributed by atoms with Gasteiger partial charge in [-0.15, -0.1) is 0 Å². The lowest BCUT2D eigenvalue weighted by atomic mass is 9.53. The van der Waals surface area contributed by atoms with Crippen LogP contribution in [0.1, 0.15) is 42.4 Å². The lowest BCUT2D eigenvalue weighted by molar-refractivity contribution is -0.174. The Morgan fingerprint density at radius 2 is 2.03 bits per heavy atom. The Labute approximate surface area is 176 Å². The summed E-state index contributed by atoms with van der Waals surface area (Å²) in [6.45, 7) is 0.443. The Hall–Kier alpha value is -2.82. The molecule has 2 fully saturated rings. The first-order valence-electron chi connectivity index (χ1n) is 10.8. The van der Waals surface area contributed by atoms with Crippen molar-refractivity contribution in [2.45, 2.75) is 44.2 Å². The molecule has 1 amide bonds. The third kappa shape index (κ3) is 2.75. The molecule has 1 aliphatic heterocycles. The molecule has 2 aromatic carbocycles. The molecule has 0 spiro atoms. The van der Waals surface area contributed by atoms with E-state index in [9.17, 15) is 14.7 Å². The second-order valence-electron chi connectivity index (χ2n) is 8.95. The largest absolute Gasteiger partial charge is 0.497 e. The van der Waals surface area contributed by atoms with Crippen LogP contribution in [0.4, 0.5) is 0 Å². The Morgan fingerprint density at radius 1 is 1.23 bits per heavy atom. The van der Waals surface area contributed by atoms with Gasteiger partial charge in [0.1, 0.15) is 11.7 Å². The van der Waals surface area contributed by atoms with Gasteiger partial charge >= 0.3 is 5.97 Å². The third-order valence-corrected chi connectivity index (χ3v) is 7.59. The second-order valence-corrected chi connectivity index (χ2v) is 8.95. The number of aliphatic carboxylic acids is 1. The van der Waals surface area contributed by atoms with Crippen molar-refractivity contribution in [3.05, 3.63) is 65.2 Å². The van der Waals surface area contributed by atoms with Crippen LogP contribution in [0.25, 0.3) is 0 Å². The Morgan fingerprint density at radius 3 is 2.77 bits per heavy atom. The van der Waals surface area contributed by atoms with Gasteiger partial charge in [-0.25, -0.2) is 0 Å². The fraction of sp³-hybridized carbons (Fsp3) is 0.440. The van der Waals surface area contributed by atoms with Gasteiger partial charge in [0.15, 0.2) is 0 Å². The number of benzene rings is 2. The number of carboxylic acids is 1. The maximum atomic E-state index is 13.6. The van der Waals surface area contributed by atoms with E-state index in [0.29, 0.717) is 18.9 Å². The number of piperidine rings is 1. The van der Waals surface area contributed by atoms with E-state index in [1.54, 1.807) is 7.11 Å². The minimum atomic E-state index is -0.994. The molecule has 2 aromatic rings. The quantitative estimate of drug-likeness (QED) is 0.781. The molecule has 0 radical (unpaired) electrons. The van der Waals surface area contributed by atoms with Crippen molar-refractivity contribution >= 4 is 11.9 Å². The molecular formula is C25H27NO4. The van der Waals surface area contributed by atoms with Gasteiger partial charge in [-0.05, 0) is 66.3 Å².